The first-order valence-electron chi connectivity index (χ1n) is 23.3. The van der Waals surface area contributed by atoms with Crippen LogP contribution in [0.2, 0.25) is 0 Å². The number of aliphatic hydroxyl groups is 5. The van der Waals surface area contributed by atoms with Crippen molar-refractivity contribution in [2.24, 2.45) is 0 Å². The molecule has 0 aromatic rings. The maximum atomic E-state index is 12.9. The molecule has 0 aromatic carbocycles. The van der Waals surface area contributed by atoms with E-state index in [0.29, 0.717) is 12.8 Å². The number of nitrogens with one attached hydrogen (secondary N) is 1. The highest BCUT2D eigenvalue weighted by Gasteiger charge is 2.44. The van der Waals surface area contributed by atoms with Crippen LogP contribution in [0, 0.1) is 0 Å². The van der Waals surface area contributed by atoms with Crippen LogP contribution in [0.15, 0.2) is 122 Å². The third-order valence-corrected chi connectivity index (χ3v) is 10.0. The van der Waals surface area contributed by atoms with E-state index in [-0.39, 0.29) is 12.5 Å². The predicted molar refractivity (Wildman–Crippen MR) is 253 cm³/mol. The molecule has 1 saturated heterocycles. The second-order valence-corrected chi connectivity index (χ2v) is 15.5. The molecule has 7 atom stereocenters. The number of hydrogen-bond acceptors (Lipinski definition) is 8. The Morgan fingerprint density at radius 1 is 0.574 bits per heavy atom. The van der Waals surface area contributed by atoms with Crippen molar-refractivity contribution in [1.29, 1.82) is 0 Å². The van der Waals surface area contributed by atoms with E-state index in [1.807, 2.05) is 6.08 Å². The number of carbonyl (C=O) groups excluding carboxylic acids is 1. The Kier molecular flexibility index (Phi) is 37.1. The van der Waals surface area contributed by atoms with Crippen LogP contribution in [0.3, 0.4) is 0 Å². The molecule has 1 fully saturated rings. The van der Waals surface area contributed by atoms with Gasteiger partial charge in [-0.25, -0.2) is 0 Å². The van der Waals surface area contributed by atoms with Gasteiger partial charge in [-0.05, 0) is 96.3 Å². The molecule has 0 spiro atoms. The summed E-state index contributed by atoms with van der Waals surface area (Å²) < 4.78 is 11.1. The summed E-state index contributed by atoms with van der Waals surface area (Å²) in [5.74, 6) is -0.222. The van der Waals surface area contributed by atoms with E-state index in [4.69, 9.17) is 9.47 Å². The fourth-order valence-electron chi connectivity index (χ4n) is 6.30. The van der Waals surface area contributed by atoms with Crippen molar-refractivity contribution in [3.63, 3.8) is 0 Å². The fraction of sp³-hybridized carbons (Fsp3) is 0.596. The monoisotopic (exact) mass is 850 g/mol. The average molecular weight is 850 g/mol. The van der Waals surface area contributed by atoms with Crippen LogP contribution in [-0.4, -0.2) is 87.5 Å². The zero-order valence-corrected chi connectivity index (χ0v) is 37.6. The van der Waals surface area contributed by atoms with Gasteiger partial charge in [0.2, 0.25) is 5.91 Å². The number of ether oxygens (including phenoxy) is 2. The van der Waals surface area contributed by atoms with Crippen LogP contribution in [0.1, 0.15) is 142 Å². The molecule has 344 valence electrons. The normalized spacial score (nSPS) is 21.6. The Hall–Kier alpha value is -3.41. The molecule has 1 heterocycles. The lowest BCUT2D eigenvalue weighted by atomic mass is 9.99. The van der Waals surface area contributed by atoms with Crippen LogP contribution >= 0.6 is 0 Å². The van der Waals surface area contributed by atoms with Gasteiger partial charge >= 0.3 is 0 Å². The van der Waals surface area contributed by atoms with Gasteiger partial charge in [-0.2, -0.15) is 0 Å². The van der Waals surface area contributed by atoms with E-state index in [0.717, 1.165) is 96.3 Å². The summed E-state index contributed by atoms with van der Waals surface area (Å²) in [6.45, 7) is 3.53. The Labute approximate surface area is 369 Å². The lowest BCUT2D eigenvalue weighted by molar-refractivity contribution is -0.302. The largest absolute Gasteiger partial charge is 0.394 e. The SMILES string of the molecule is CC/C=C\C/C=C\C/C=C\C/C=C\C/C=C\C/C=C\C/C=C\C/C=C\CCCCCCC(=O)NC(COC1OC(CO)C(O)C(O)C1O)C(O)/C=C/CC/C=C/CCCCC. The van der Waals surface area contributed by atoms with Gasteiger partial charge < -0.3 is 40.3 Å². The van der Waals surface area contributed by atoms with E-state index in [2.05, 4.69) is 129 Å². The minimum Gasteiger partial charge on any atom is -0.394 e. The molecule has 1 amide bonds. The molecule has 1 aliphatic heterocycles. The molecule has 0 bridgehead atoms. The summed E-state index contributed by atoms with van der Waals surface area (Å²) in [6.07, 6.45) is 54.0. The van der Waals surface area contributed by atoms with Gasteiger partial charge in [0.25, 0.3) is 0 Å². The molecular formula is C52H83NO8. The molecule has 9 heteroatoms. The third-order valence-electron chi connectivity index (χ3n) is 10.0. The van der Waals surface area contributed by atoms with Crippen LogP contribution in [-0.2, 0) is 14.3 Å². The summed E-state index contributed by atoms with van der Waals surface area (Å²) in [5, 5.41) is 54.0. The zero-order chi connectivity index (χ0) is 44.4. The lowest BCUT2D eigenvalue weighted by Gasteiger charge is -2.40. The quantitative estimate of drug-likeness (QED) is 0.0270. The maximum absolute atomic E-state index is 12.9. The molecule has 61 heavy (non-hydrogen) atoms. The summed E-state index contributed by atoms with van der Waals surface area (Å²) >= 11 is 0. The van der Waals surface area contributed by atoms with Crippen molar-refractivity contribution in [3.05, 3.63) is 122 Å². The zero-order valence-electron chi connectivity index (χ0n) is 37.6. The smallest absolute Gasteiger partial charge is 0.220 e. The molecule has 1 rings (SSSR count). The van der Waals surface area contributed by atoms with E-state index in [9.17, 15) is 30.3 Å². The maximum Gasteiger partial charge on any atom is 0.220 e. The van der Waals surface area contributed by atoms with Crippen molar-refractivity contribution >= 4 is 5.91 Å². The second-order valence-electron chi connectivity index (χ2n) is 15.5. The van der Waals surface area contributed by atoms with E-state index >= 15 is 0 Å². The highest BCUT2D eigenvalue weighted by Crippen LogP contribution is 2.22. The molecule has 6 N–H and O–H groups in total. The van der Waals surface area contributed by atoms with Crippen molar-refractivity contribution in [2.75, 3.05) is 13.2 Å². The first kappa shape index (κ1) is 55.6. The molecule has 0 aromatic heterocycles. The van der Waals surface area contributed by atoms with Gasteiger partial charge in [-0.15, -0.1) is 0 Å². The van der Waals surface area contributed by atoms with Gasteiger partial charge in [0, 0.05) is 6.42 Å². The number of rotatable bonds is 36. The minimum atomic E-state index is -1.58. The Balaban J connectivity index is 2.29. The highest BCUT2D eigenvalue weighted by molar-refractivity contribution is 5.76. The predicted octanol–water partition coefficient (Wildman–Crippen LogP) is 10.1. The Morgan fingerprint density at radius 3 is 1.56 bits per heavy atom. The standard InChI is InChI=1S/C52H83NO8/c1-3-5-7-9-11-13-14-15-16-17-18-19-20-21-22-23-24-25-26-27-28-29-30-31-32-34-36-38-40-42-48(56)53-45(46(55)41-39-37-35-33-12-10-8-6-4-2)44-60-52-51(59)50(58)49(57)47(43-54)61-52/h5,7,11-13,15-16,18-19,21-22,24-25,27-28,30-31,33,39,41,45-47,49-52,54-55,57-59H,3-4,6,8-10,14,17,20,23,26,29,32,34-38,40,42-44H2,1-2H3,(H,53,56)/b7-5-,13-11-,16-15-,19-18-,22-21-,25-24-,28-27-,31-30-,33-12+,41-39+. The van der Waals surface area contributed by atoms with E-state index in [1.54, 1.807) is 6.08 Å². The lowest BCUT2D eigenvalue weighted by Crippen LogP contribution is -2.60. The number of unbranched alkanes of at least 4 members (excludes halogenated alkanes) is 8. The molecular weight excluding hydrogens is 767 g/mol. The van der Waals surface area contributed by atoms with Gasteiger partial charge in [-0.1, -0.05) is 161 Å². The van der Waals surface area contributed by atoms with Crippen molar-refractivity contribution < 1.29 is 39.8 Å². The van der Waals surface area contributed by atoms with Gasteiger partial charge in [0.1, 0.15) is 24.4 Å². The van der Waals surface area contributed by atoms with Crippen LogP contribution < -0.4 is 5.32 Å². The van der Waals surface area contributed by atoms with Crippen LogP contribution in [0.4, 0.5) is 0 Å². The van der Waals surface area contributed by atoms with Gasteiger partial charge in [0.15, 0.2) is 6.29 Å². The number of amides is 1. The van der Waals surface area contributed by atoms with Crippen molar-refractivity contribution in [1.82, 2.24) is 5.32 Å². The summed E-state index contributed by atoms with van der Waals surface area (Å²) in [5.41, 5.74) is 0. The fourth-order valence-corrected chi connectivity index (χ4v) is 6.30. The van der Waals surface area contributed by atoms with E-state index in [1.165, 1.54) is 19.3 Å². The van der Waals surface area contributed by atoms with Gasteiger partial charge in [-0.3, -0.25) is 4.79 Å². The number of carbonyl (C=O) groups is 1. The van der Waals surface area contributed by atoms with Crippen molar-refractivity contribution in [3.8, 4) is 0 Å². The molecule has 9 nitrogen and oxygen atoms in total. The molecule has 0 saturated carbocycles. The number of hydrogen-bond donors (Lipinski definition) is 6. The third kappa shape index (κ3) is 31.1. The topological polar surface area (TPSA) is 149 Å². The Morgan fingerprint density at radius 2 is 1.03 bits per heavy atom. The second kappa shape index (κ2) is 40.6. The number of allylic oxidation sites excluding steroid dienone is 19. The van der Waals surface area contributed by atoms with Crippen LogP contribution in [0.5, 0.6) is 0 Å². The van der Waals surface area contributed by atoms with Crippen molar-refractivity contribution in [2.45, 2.75) is 185 Å². The van der Waals surface area contributed by atoms with Crippen LogP contribution in [0.25, 0.3) is 0 Å². The Bertz CT molecular complexity index is 1360. The first-order valence-corrected chi connectivity index (χ1v) is 23.3. The average Bonchev–Trinajstić information content (AvgIpc) is 3.26. The van der Waals surface area contributed by atoms with Gasteiger partial charge in [0.05, 0.1) is 25.4 Å². The molecule has 0 radical (unpaired) electrons. The van der Waals surface area contributed by atoms with E-state index < -0.39 is 49.5 Å². The number of aliphatic hydroxyl groups excluding tert-OH is 5. The first-order chi connectivity index (χ1) is 29.8. The molecule has 0 aliphatic carbocycles. The summed E-state index contributed by atoms with van der Waals surface area (Å²) in [4.78, 5) is 12.9. The molecule has 1 aliphatic rings. The minimum absolute atomic E-state index is 0.221. The highest BCUT2D eigenvalue weighted by atomic mass is 16.7. The molecule has 7 unspecified atom stereocenters. The summed E-state index contributed by atoms with van der Waals surface area (Å²) in [6, 6.07) is -0.842. The summed E-state index contributed by atoms with van der Waals surface area (Å²) in [7, 11) is 0.